The Bertz CT molecular complexity index is 72.0. The highest BCUT2D eigenvalue weighted by Crippen LogP contribution is 2.33. The molecule has 1 saturated carbocycles. The van der Waals surface area contributed by atoms with Crippen LogP contribution in [0, 0.1) is 5.41 Å². The summed E-state index contributed by atoms with van der Waals surface area (Å²) in [5, 5.41) is 0. The highest BCUT2D eigenvalue weighted by atomic mass is 14.2. The molecular formula is C9H18. The smallest absolute Gasteiger partial charge is 0.0354 e. The molecule has 0 unspecified atom stereocenters. The summed E-state index contributed by atoms with van der Waals surface area (Å²) in [5.41, 5.74) is 0.663. The highest BCUT2D eigenvalue weighted by Gasteiger charge is 2.18. The van der Waals surface area contributed by atoms with Crippen LogP contribution >= 0.6 is 0 Å². The first-order valence-electron chi connectivity index (χ1n) is 4.21. The van der Waals surface area contributed by atoms with Crippen LogP contribution in [0.15, 0.2) is 0 Å². The van der Waals surface area contributed by atoms with Crippen molar-refractivity contribution < 1.29 is 0 Å². The first kappa shape index (κ1) is 7.11. The molecule has 0 aliphatic heterocycles. The van der Waals surface area contributed by atoms with Gasteiger partial charge in [0.1, 0.15) is 0 Å². The van der Waals surface area contributed by atoms with Crippen LogP contribution in [0.25, 0.3) is 0 Å². The van der Waals surface area contributed by atoms with Crippen molar-refractivity contribution >= 4 is 0 Å². The molecule has 0 amide bonds. The predicted octanol–water partition coefficient (Wildman–Crippen LogP) is 3.37. The van der Waals surface area contributed by atoms with E-state index in [9.17, 15) is 0 Å². The maximum Gasteiger partial charge on any atom is -0.0354 e. The SMILES string of the molecule is CC1(C)CCCCCC1. The Labute approximate surface area is 58.7 Å². The second-order valence-electron chi connectivity index (χ2n) is 4.08. The van der Waals surface area contributed by atoms with E-state index in [1.807, 2.05) is 0 Å². The lowest BCUT2D eigenvalue weighted by molar-refractivity contribution is 0.314. The summed E-state index contributed by atoms with van der Waals surface area (Å²) >= 11 is 0. The highest BCUT2D eigenvalue weighted by molar-refractivity contribution is 4.71. The van der Waals surface area contributed by atoms with Gasteiger partial charge in [-0.2, -0.15) is 0 Å². The van der Waals surface area contributed by atoms with Crippen LogP contribution in [-0.2, 0) is 0 Å². The van der Waals surface area contributed by atoms with Crippen LogP contribution < -0.4 is 0 Å². The van der Waals surface area contributed by atoms with E-state index >= 15 is 0 Å². The van der Waals surface area contributed by atoms with Gasteiger partial charge in [-0.25, -0.2) is 0 Å². The van der Waals surface area contributed by atoms with E-state index in [0.29, 0.717) is 5.41 Å². The summed E-state index contributed by atoms with van der Waals surface area (Å²) in [7, 11) is 0. The summed E-state index contributed by atoms with van der Waals surface area (Å²) < 4.78 is 0. The summed E-state index contributed by atoms with van der Waals surface area (Å²) in [5.74, 6) is 0. The van der Waals surface area contributed by atoms with Gasteiger partial charge in [0.25, 0.3) is 0 Å². The minimum Gasteiger partial charge on any atom is -0.0599 e. The van der Waals surface area contributed by atoms with Crippen LogP contribution in [0.5, 0.6) is 0 Å². The first-order chi connectivity index (χ1) is 4.21. The van der Waals surface area contributed by atoms with Crippen molar-refractivity contribution in [2.75, 3.05) is 0 Å². The van der Waals surface area contributed by atoms with E-state index in [-0.39, 0.29) is 0 Å². The molecule has 0 heterocycles. The molecule has 0 N–H and O–H groups in total. The fourth-order valence-electron chi connectivity index (χ4n) is 1.69. The molecule has 0 saturated heterocycles. The fourth-order valence-corrected chi connectivity index (χ4v) is 1.69. The number of hydrogen-bond acceptors (Lipinski definition) is 0. The van der Waals surface area contributed by atoms with Crippen molar-refractivity contribution in [3.63, 3.8) is 0 Å². The number of hydrogen-bond donors (Lipinski definition) is 0. The van der Waals surface area contributed by atoms with Crippen molar-refractivity contribution in [1.82, 2.24) is 0 Å². The van der Waals surface area contributed by atoms with Gasteiger partial charge in [-0.15, -0.1) is 0 Å². The molecule has 0 aromatic rings. The van der Waals surface area contributed by atoms with Crippen LogP contribution in [0.4, 0.5) is 0 Å². The fraction of sp³-hybridized carbons (Fsp3) is 1.00. The first-order valence-corrected chi connectivity index (χ1v) is 4.21. The normalized spacial score (nSPS) is 27.3. The van der Waals surface area contributed by atoms with Gasteiger partial charge < -0.3 is 0 Å². The minimum atomic E-state index is 0.663. The average Bonchev–Trinajstić information content (AvgIpc) is 1.92. The van der Waals surface area contributed by atoms with E-state index in [0.717, 1.165) is 0 Å². The van der Waals surface area contributed by atoms with E-state index in [4.69, 9.17) is 0 Å². The standard InChI is InChI=1S/C9H18/c1-9(2)7-5-3-4-6-8-9/h3-8H2,1-2H3. The third kappa shape index (κ3) is 2.38. The summed E-state index contributed by atoms with van der Waals surface area (Å²) in [4.78, 5) is 0. The van der Waals surface area contributed by atoms with Crippen LogP contribution in [0.1, 0.15) is 52.4 Å². The topological polar surface area (TPSA) is 0 Å². The quantitative estimate of drug-likeness (QED) is 0.436. The molecule has 1 rings (SSSR count). The van der Waals surface area contributed by atoms with Gasteiger partial charge in [0.15, 0.2) is 0 Å². The van der Waals surface area contributed by atoms with Gasteiger partial charge in [-0.1, -0.05) is 39.5 Å². The Morgan fingerprint density at radius 1 is 0.778 bits per heavy atom. The third-order valence-corrected chi connectivity index (χ3v) is 2.46. The van der Waals surface area contributed by atoms with Gasteiger partial charge in [0.2, 0.25) is 0 Å². The molecule has 0 atom stereocenters. The molecule has 0 heteroatoms. The largest absolute Gasteiger partial charge is 0.0599 e. The lowest BCUT2D eigenvalue weighted by Crippen LogP contribution is -2.08. The Morgan fingerprint density at radius 2 is 1.22 bits per heavy atom. The molecule has 9 heavy (non-hydrogen) atoms. The van der Waals surface area contributed by atoms with Crippen LogP contribution in [0.2, 0.25) is 0 Å². The Kier molecular flexibility index (Phi) is 2.15. The van der Waals surface area contributed by atoms with Crippen molar-refractivity contribution in [2.24, 2.45) is 5.41 Å². The molecule has 0 aromatic carbocycles. The van der Waals surface area contributed by atoms with Gasteiger partial charge in [0.05, 0.1) is 0 Å². The molecule has 1 aliphatic carbocycles. The average molecular weight is 126 g/mol. The molecule has 0 nitrogen and oxygen atoms in total. The minimum absolute atomic E-state index is 0.663. The van der Waals surface area contributed by atoms with Crippen LogP contribution in [0.3, 0.4) is 0 Å². The maximum absolute atomic E-state index is 2.40. The lowest BCUT2D eigenvalue weighted by atomic mass is 9.85. The summed E-state index contributed by atoms with van der Waals surface area (Å²) in [6, 6.07) is 0. The van der Waals surface area contributed by atoms with Gasteiger partial charge in [-0.05, 0) is 18.3 Å². The zero-order valence-electron chi connectivity index (χ0n) is 6.74. The number of rotatable bonds is 0. The Morgan fingerprint density at radius 3 is 1.67 bits per heavy atom. The van der Waals surface area contributed by atoms with E-state index in [1.54, 1.807) is 0 Å². The molecule has 54 valence electrons. The predicted molar refractivity (Wildman–Crippen MR) is 41.5 cm³/mol. The van der Waals surface area contributed by atoms with Crippen LogP contribution in [-0.4, -0.2) is 0 Å². The van der Waals surface area contributed by atoms with Gasteiger partial charge >= 0.3 is 0 Å². The molecule has 0 radical (unpaired) electrons. The molecule has 0 spiro atoms. The van der Waals surface area contributed by atoms with Gasteiger partial charge in [-0.3, -0.25) is 0 Å². The molecule has 1 fully saturated rings. The monoisotopic (exact) mass is 126 g/mol. The van der Waals surface area contributed by atoms with Crippen molar-refractivity contribution in [3.8, 4) is 0 Å². The second kappa shape index (κ2) is 2.72. The zero-order valence-corrected chi connectivity index (χ0v) is 6.74. The second-order valence-corrected chi connectivity index (χ2v) is 4.08. The molecular weight excluding hydrogens is 108 g/mol. The third-order valence-electron chi connectivity index (χ3n) is 2.46. The van der Waals surface area contributed by atoms with E-state index in [1.165, 1.54) is 38.5 Å². The summed E-state index contributed by atoms with van der Waals surface area (Å²) in [6.45, 7) is 4.80. The summed E-state index contributed by atoms with van der Waals surface area (Å²) in [6.07, 6.45) is 8.78. The molecule has 0 bridgehead atoms. The molecule has 0 aromatic heterocycles. The van der Waals surface area contributed by atoms with E-state index < -0.39 is 0 Å². The lowest BCUT2D eigenvalue weighted by Gasteiger charge is -2.21. The van der Waals surface area contributed by atoms with Crippen molar-refractivity contribution in [1.29, 1.82) is 0 Å². The van der Waals surface area contributed by atoms with Gasteiger partial charge in [0, 0.05) is 0 Å². The van der Waals surface area contributed by atoms with Crippen molar-refractivity contribution in [3.05, 3.63) is 0 Å². The zero-order chi connectivity index (χ0) is 6.74. The Balaban J connectivity index is 2.36. The van der Waals surface area contributed by atoms with Crippen molar-refractivity contribution in [2.45, 2.75) is 52.4 Å². The molecule has 1 aliphatic rings. The Hall–Kier alpha value is 0. The maximum atomic E-state index is 2.40. The van der Waals surface area contributed by atoms with E-state index in [2.05, 4.69) is 13.8 Å².